The van der Waals surface area contributed by atoms with Crippen LogP contribution in [0.3, 0.4) is 0 Å². The van der Waals surface area contributed by atoms with Gasteiger partial charge in [0, 0.05) is 48.5 Å². The number of halogens is 3. The van der Waals surface area contributed by atoms with Crippen molar-refractivity contribution in [2.24, 2.45) is 0 Å². The van der Waals surface area contributed by atoms with E-state index in [2.05, 4.69) is 53.1 Å². The number of benzene rings is 7. The van der Waals surface area contributed by atoms with Crippen LogP contribution in [0.15, 0.2) is 164 Å². The molecule has 4 nitrogen and oxygen atoms in total. The Balaban J connectivity index is 1.27. The van der Waals surface area contributed by atoms with Gasteiger partial charge in [0.05, 0.1) is 27.0 Å². The summed E-state index contributed by atoms with van der Waals surface area (Å²) < 4.78 is 46.1. The molecule has 0 fully saturated rings. The second kappa shape index (κ2) is 12.5. The average molecular weight is 725 g/mol. The fourth-order valence-electron chi connectivity index (χ4n) is 7.36. The van der Waals surface area contributed by atoms with Gasteiger partial charge in [0.15, 0.2) is 17.5 Å². The highest BCUT2D eigenvalue weighted by Crippen LogP contribution is 2.45. The second-order valence-electron chi connectivity index (χ2n) is 13.1. The number of hydrogen-bond donors (Lipinski definition) is 0. The third kappa shape index (κ3) is 5.33. The lowest BCUT2D eigenvalue weighted by atomic mass is 9.98. The van der Waals surface area contributed by atoms with Crippen LogP contribution >= 0.6 is 11.3 Å². The number of thiophene rings is 1. The Morgan fingerprint density at radius 3 is 1.69 bits per heavy atom. The molecular weight excluding hydrogens is 698 g/mol. The lowest BCUT2D eigenvalue weighted by Crippen LogP contribution is -2.04. The van der Waals surface area contributed by atoms with E-state index in [9.17, 15) is 13.2 Å². The third-order valence-electron chi connectivity index (χ3n) is 9.90. The molecule has 10 rings (SSSR count). The zero-order valence-corrected chi connectivity index (χ0v) is 29.2. The van der Waals surface area contributed by atoms with Gasteiger partial charge in [-0.1, -0.05) is 121 Å². The third-order valence-corrected chi connectivity index (χ3v) is 11.1. The maximum atomic E-state index is 13.8. The summed E-state index contributed by atoms with van der Waals surface area (Å²) in [6.07, 6.45) is -4.46. The Hall–Kier alpha value is -6.64. The molecule has 0 unspecified atom stereocenters. The number of rotatable bonds is 5. The van der Waals surface area contributed by atoms with Crippen molar-refractivity contribution in [1.29, 1.82) is 0 Å². The van der Waals surface area contributed by atoms with Gasteiger partial charge in [-0.3, -0.25) is 0 Å². The first kappa shape index (κ1) is 32.0. The van der Waals surface area contributed by atoms with E-state index in [4.69, 9.17) is 15.0 Å². The molecule has 0 spiro atoms. The quantitative estimate of drug-likeness (QED) is 0.177. The highest BCUT2D eigenvalue weighted by Gasteiger charge is 2.30. The van der Waals surface area contributed by atoms with Crippen LogP contribution in [0.25, 0.3) is 93.0 Å². The first-order chi connectivity index (χ1) is 26.4. The van der Waals surface area contributed by atoms with E-state index < -0.39 is 11.7 Å². The molecule has 3 heterocycles. The average Bonchev–Trinajstić information content (AvgIpc) is 3.77. The Kier molecular flexibility index (Phi) is 7.42. The Bertz CT molecular complexity index is 2970. The summed E-state index contributed by atoms with van der Waals surface area (Å²) in [5.41, 5.74) is 5.94. The van der Waals surface area contributed by atoms with Gasteiger partial charge in [-0.2, -0.15) is 13.2 Å². The maximum absolute atomic E-state index is 13.8. The van der Waals surface area contributed by atoms with E-state index in [-0.39, 0.29) is 0 Å². The van der Waals surface area contributed by atoms with Gasteiger partial charge < -0.3 is 4.57 Å². The van der Waals surface area contributed by atoms with Gasteiger partial charge in [0.25, 0.3) is 0 Å². The minimum atomic E-state index is -4.46. The summed E-state index contributed by atoms with van der Waals surface area (Å²) in [4.78, 5) is 14.8. The molecule has 0 bridgehead atoms. The maximum Gasteiger partial charge on any atom is 0.416 e. The molecule has 0 N–H and O–H groups in total. The van der Waals surface area contributed by atoms with Crippen molar-refractivity contribution in [1.82, 2.24) is 19.5 Å². The normalized spacial score (nSPS) is 12.0. The highest BCUT2D eigenvalue weighted by molar-refractivity contribution is 7.26. The zero-order chi connectivity index (χ0) is 36.4. The monoisotopic (exact) mass is 724 g/mol. The molecule has 54 heavy (non-hydrogen) atoms. The summed E-state index contributed by atoms with van der Waals surface area (Å²) in [5.74, 6) is 1.50. The van der Waals surface area contributed by atoms with Crippen LogP contribution in [-0.2, 0) is 6.18 Å². The Morgan fingerprint density at radius 1 is 0.463 bits per heavy atom. The summed E-state index contributed by atoms with van der Waals surface area (Å²) >= 11 is 1.75. The van der Waals surface area contributed by atoms with E-state index >= 15 is 0 Å². The number of fused-ring (bicyclic) bond motifs is 7. The van der Waals surface area contributed by atoms with Gasteiger partial charge in [-0.25, -0.2) is 15.0 Å². The molecule has 0 saturated carbocycles. The van der Waals surface area contributed by atoms with Crippen LogP contribution in [-0.4, -0.2) is 19.5 Å². The smallest absolute Gasteiger partial charge is 0.307 e. The molecule has 0 aliphatic carbocycles. The summed E-state index contributed by atoms with van der Waals surface area (Å²) in [6, 6.07) is 52.0. The molecule has 3 aromatic heterocycles. The van der Waals surface area contributed by atoms with Crippen LogP contribution in [0, 0.1) is 0 Å². The molecule has 258 valence electrons. The van der Waals surface area contributed by atoms with Crippen molar-refractivity contribution >= 4 is 53.3 Å². The standard InChI is InChI=1S/C46H27F3N4S/c47-46(48,49)32-22-19-28(20-23-32)37-27-31(45-51-43(29-11-3-1-4-12-29)50-44(52-45)30-13-5-2-6-14-30)21-26-39(37)53-38-17-9-7-15-33(38)35-24-25-36-34-16-8-10-18-40(34)54-42(36)41(35)53/h1-27H. The van der Waals surface area contributed by atoms with Crippen molar-refractivity contribution < 1.29 is 13.2 Å². The lowest BCUT2D eigenvalue weighted by Gasteiger charge is -2.17. The van der Waals surface area contributed by atoms with Crippen molar-refractivity contribution in [2.45, 2.75) is 6.18 Å². The van der Waals surface area contributed by atoms with Gasteiger partial charge in [-0.05, 0) is 48.0 Å². The van der Waals surface area contributed by atoms with Crippen LogP contribution < -0.4 is 0 Å². The van der Waals surface area contributed by atoms with Crippen molar-refractivity contribution in [3.63, 3.8) is 0 Å². The summed E-state index contributed by atoms with van der Waals surface area (Å²) in [5, 5.41) is 4.54. The number of hydrogen-bond acceptors (Lipinski definition) is 4. The van der Waals surface area contributed by atoms with E-state index in [1.165, 1.54) is 10.1 Å². The number of para-hydroxylation sites is 1. The van der Waals surface area contributed by atoms with E-state index in [1.807, 2.05) is 91.0 Å². The molecular formula is C46H27F3N4S. The minimum absolute atomic E-state index is 0.455. The molecule has 0 aliphatic rings. The highest BCUT2D eigenvalue weighted by atomic mass is 32.1. The number of nitrogens with zero attached hydrogens (tertiary/aromatic N) is 4. The number of alkyl halides is 3. The van der Waals surface area contributed by atoms with Crippen LogP contribution in [0.1, 0.15) is 5.56 Å². The lowest BCUT2D eigenvalue weighted by molar-refractivity contribution is -0.137. The van der Waals surface area contributed by atoms with E-state index in [0.717, 1.165) is 66.4 Å². The van der Waals surface area contributed by atoms with Crippen molar-refractivity contribution in [3.05, 3.63) is 169 Å². The minimum Gasteiger partial charge on any atom is -0.307 e. The van der Waals surface area contributed by atoms with E-state index in [1.54, 1.807) is 23.5 Å². The SMILES string of the molecule is FC(F)(F)c1ccc(-c2cc(-c3nc(-c4ccccc4)nc(-c4ccccc4)n3)ccc2-n2c3ccccc3c3ccc4c5ccccc5sc4c32)cc1. The number of aromatic nitrogens is 4. The Labute approximate surface area is 311 Å². The predicted octanol–water partition coefficient (Wildman–Crippen LogP) is 13.0. The van der Waals surface area contributed by atoms with E-state index in [0.29, 0.717) is 28.6 Å². The molecule has 0 atom stereocenters. The molecule has 8 heteroatoms. The fraction of sp³-hybridized carbons (Fsp3) is 0.0217. The van der Waals surface area contributed by atoms with Crippen LogP contribution in [0.5, 0.6) is 0 Å². The summed E-state index contributed by atoms with van der Waals surface area (Å²) in [7, 11) is 0. The van der Waals surface area contributed by atoms with Gasteiger partial charge >= 0.3 is 6.18 Å². The van der Waals surface area contributed by atoms with Crippen LogP contribution in [0.2, 0.25) is 0 Å². The van der Waals surface area contributed by atoms with Crippen LogP contribution in [0.4, 0.5) is 13.2 Å². The second-order valence-corrected chi connectivity index (χ2v) is 14.2. The molecule has 0 saturated heterocycles. The fourth-order valence-corrected chi connectivity index (χ4v) is 8.60. The summed E-state index contributed by atoms with van der Waals surface area (Å²) in [6.45, 7) is 0. The predicted molar refractivity (Wildman–Crippen MR) is 214 cm³/mol. The van der Waals surface area contributed by atoms with Crippen molar-refractivity contribution in [3.8, 4) is 51.0 Å². The van der Waals surface area contributed by atoms with Gasteiger partial charge in [0.1, 0.15) is 0 Å². The molecule has 0 radical (unpaired) electrons. The zero-order valence-electron chi connectivity index (χ0n) is 28.4. The molecule has 0 amide bonds. The molecule has 0 aliphatic heterocycles. The van der Waals surface area contributed by atoms with Crippen molar-refractivity contribution in [2.75, 3.05) is 0 Å². The topological polar surface area (TPSA) is 43.6 Å². The molecule has 10 aromatic rings. The molecule has 7 aromatic carbocycles. The van der Waals surface area contributed by atoms with Gasteiger partial charge in [-0.15, -0.1) is 11.3 Å². The van der Waals surface area contributed by atoms with Gasteiger partial charge in [0.2, 0.25) is 0 Å². The Morgan fingerprint density at radius 2 is 1.02 bits per heavy atom. The first-order valence-corrected chi connectivity index (χ1v) is 18.3. The first-order valence-electron chi connectivity index (χ1n) is 17.4. The largest absolute Gasteiger partial charge is 0.416 e.